The highest BCUT2D eigenvalue weighted by molar-refractivity contribution is 6.12. The number of hydrogen-bond acceptors (Lipinski definition) is 4. The molecule has 4 nitrogen and oxygen atoms in total. The van der Waals surface area contributed by atoms with Crippen molar-refractivity contribution in [1.82, 2.24) is 15.0 Å². The zero-order chi connectivity index (χ0) is 33.7. The lowest BCUT2D eigenvalue weighted by Crippen LogP contribution is -2.01. The lowest BCUT2D eigenvalue weighted by molar-refractivity contribution is 0.669. The van der Waals surface area contributed by atoms with Gasteiger partial charge in [-0.3, -0.25) is 0 Å². The largest absolute Gasteiger partial charge is 0.456 e. The van der Waals surface area contributed by atoms with Crippen molar-refractivity contribution >= 4 is 43.5 Å². The van der Waals surface area contributed by atoms with Gasteiger partial charge in [0.2, 0.25) is 0 Å². The Labute approximate surface area is 294 Å². The third-order valence-electron chi connectivity index (χ3n) is 9.73. The summed E-state index contributed by atoms with van der Waals surface area (Å²) in [5.41, 5.74) is 9.19. The SMILES string of the molecule is c1ccc(-c2ccc3cc(-c4ccc(-c5nc(-c6ccccc6)nc(-c6cccc7oc8ccccc8c67)n5)c5ccccc45)ccc3c2)cc1. The molecule has 10 rings (SSSR count). The maximum absolute atomic E-state index is 6.24. The fourth-order valence-corrected chi connectivity index (χ4v) is 7.26. The van der Waals surface area contributed by atoms with Gasteiger partial charge >= 0.3 is 0 Å². The van der Waals surface area contributed by atoms with Crippen molar-refractivity contribution in [2.24, 2.45) is 0 Å². The number of nitrogens with zero attached hydrogens (tertiary/aromatic N) is 3. The Hall–Kier alpha value is -6.91. The molecule has 0 fully saturated rings. The number of furan rings is 1. The topological polar surface area (TPSA) is 51.8 Å². The van der Waals surface area contributed by atoms with E-state index >= 15 is 0 Å². The van der Waals surface area contributed by atoms with Crippen LogP contribution in [0.3, 0.4) is 0 Å². The van der Waals surface area contributed by atoms with E-state index in [1.54, 1.807) is 0 Å². The Bertz CT molecular complexity index is 2910. The van der Waals surface area contributed by atoms with Gasteiger partial charge in [-0.05, 0) is 74.1 Å². The van der Waals surface area contributed by atoms with Gasteiger partial charge in [-0.2, -0.15) is 0 Å². The highest BCUT2D eigenvalue weighted by atomic mass is 16.3. The molecule has 0 saturated heterocycles. The van der Waals surface area contributed by atoms with Gasteiger partial charge < -0.3 is 4.42 Å². The van der Waals surface area contributed by atoms with Gasteiger partial charge in [-0.15, -0.1) is 0 Å². The lowest BCUT2D eigenvalue weighted by Gasteiger charge is -2.14. The van der Waals surface area contributed by atoms with E-state index in [1.165, 1.54) is 21.9 Å². The Balaban J connectivity index is 1.14. The Morgan fingerprint density at radius 1 is 0.314 bits per heavy atom. The van der Waals surface area contributed by atoms with Gasteiger partial charge in [0.1, 0.15) is 11.2 Å². The van der Waals surface area contributed by atoms with Crippen molar-refractivity contribution in [2.75, 3.05) is 0 Å². The highest BCUT2D eigenvalue weighted by Crippen LogP contribution is 2.39. The van der Waals surface area contributed by atoms with E-state index in [2.05, 4.69) is 115 Å². The summed E-state index contributed by atoms with van der Waals surface area (Å²) >= 11 is 0. The molecule has 0 amide bonds. The molecule has 0 saturated carbocycles. The van der Waals surface area contributed by atoms with Crippen molar-refractivity contribution in [1.29, 1.82) is 0 Å². The van der Waals surface area contributed by atoms with Crippen LogP contribution in [0.25, 0.3) is 99.9 Å². The average molecular weight is 652 g/mol. The molecular weight excluding hydrogens is 623 g/mol. The van der Waals surface area contributed by atoms with E-state index in [1.807, 2.05) is 60.7 Å². The molecule has 51 heavy (non-hydrogen) atoms. The normalized spacial score (nSPS) is 11.5. The maximum Gasteiger partial charge on any atom is 0.164 e. The zero-order valence-electron chi connectivity index (χ0n) is 27.5. The molecule has 0 aliphatic heterocycles. The molecule has 238 valence electrons. The molecule has 8 aromatic carbocycles. The molecule has 0 N–H and O–H groups in total. The van der Waals surface area contributed by atoms with Crippen LogP contribution in [0.15, 0.2) is 180 Å². The Morgan fingerprint density at radius 3 is 1.63 bits per heavy atom. The fraction of sp³-hybridized carbons (Fsp3) is 0. The van der Waals surface area contributed by atoms with E-state index < -0.39 is 0 Å². The molecule has 0 aliphatic carbocycles. The Morgan fingerprint density at radius 2 is 0.863 bits per heavy atom. The molecule has 10 aromatic rings. The van der Waals surface area contributed by atoms with E-state index in [0.29, 0.717) is 17.5 Å². The zero-order valence-corrected chi connectivity index (χ0v) is 27.5. The molecule has 0 aliphatic rings. The summed E-state index contributed by atoms with van der Waals surface area (Å²) in [5, 5.41) is 6.67. The first kappa shape index (κ1) is 29.0. The predicted molar refractivity (Wildman–Crippen MR) is 209 cm³/mol. The average Bonchev–Trinajstić information content (AvgIpc) is 3.60. The van der Waals surface area contributed by atoms with Gasteiger partial charge in [0, 0.05) is 27.5 Å². The summed E-state index contributed by atoms with van der Waals surface area (Å²) in [6.45, 7) is 0. The quantitative estimate of drug-likeness (QED) is 0.186. The molecule has 0 bridgehead atoms. The fourth-order valence-electron chi connectivity index (χ4n) is 7.26. The second kappa shape index (κ2) is 11.9. The first-order valence-electron chi connectivity index (χ1n) is 17.1. The second-order valence-corrected chi connectivity index (χ2v) is 12.8. The smallest absolute Gasteiger partial charge is 0.164 e. The van der Waals surface area contributed by atoms with Crippen LogP contribution >= 0.6 is 0 Å². The van der Waals surface area contributed by atoms with Crippen LogP contribution in [-0.2, 0) is 0 Å². The van der Waals surface area contributed by atoms with E-state index in [-0.39, 0.29) is 0 Å². The van der Waals surface area contributed by atoms with Gasteiger partial charge in [0.25, 0.3) is 0 Å². The van der Waals surface area contributed by atoms with Gasteiger partial charge in [-0.25, -0.2) is 15.0 Å². The van der Waals surface area contributed by atoms with Gasteiger partial charge in [0.05, 0.1) is 0 Å². The van der Waals surface area contributed by atoms with Crippen molar-refractivity contribution in [2.45, 2.75) is 0 Å². The number of hydrogen-bond donors (Lipinski definition) is 0. The third-order valence-corrected chi connectivity index (χ3v) is 9.73. The van der Waals surface area contributed by atoms with Crippen LogP contribution < -0.4 is 0 Å². The number of fused-ring (bicyclic) bond motifs is 5. The third kappa shape index (κ3) is 5.04. The van der Waals surface area contributed by atoms with Gasteiger partial charge in [0.15, 0.2) is 17.5 Å². The predicted octanol–water partition coefficient (Wildman–Crippen LogP) is 12.4. The number of para-hydroxylation sites is 1. The number of aromatic nitrogens is 3. The number of rotatable bonds is 5. The van der Waals surface area contributed by atoms with Crippen LogP contribution in [0, 0.1) is 0 Å². The summed E-state index contributed by atoms with van der Waals surface area (Å²) in [5.74, 6) is 1.85. The minimum Gasteiger partial charge on any atom is -0.456 e. The van der Waals surface area contributed by atoms with E-state index in [0.717, 1.165) is 60.5 Å². The molecular formula is C47H29N3O. The molecule has 2 heterocycles. The van der Waals surface area contributed by atoms with Crippen LogP contribution in [-0.4, -0.2) is 15.0 Å². The van der Waals surface area contributed by atoms with E-state index in [4.69, 9.17) is 19.4 Å². The summed E-state index contributed by atoms with van der Waals surface area (Å²) in [6, 6.07) is 61.2. The van der Waals surface area contributed by atoms with Gasteiger partial charge in [-0.1, -0.05) is 146 Å². The summed E-state index contributed by atoms with van der Waals surface area (Å²) in [4.78, 5) is 15.4. The van der Waals surface area contributed by atoms with Crippen LogP contribution in [0.5, 0.6) is 0 Å². The molecule has 0 atom stereocenters. The lowest BCUT2D eigenvalue weighted by atomic mass is 9.93. The van der Waals surface area contributed by atoms with Crippen molar-refractivity contribution in [3.63, 3.8) is 0 Å². The van der Waals surface area contributed by atoms with Crippen LogP contribution in [0.2, 0.25) is 0 Å². The molecule has 4 heteroatoms. The van der Waals surface area contributed by atoms with Crippen molar-refractivity contribution in [3.8, 4) is 56.4 Å². The number of benzene rings is 8. The highest BCUT2D eigenvalue weighted by Gasteiger charge is 2.19. The van der Waals surface area contributed by atoms with Crippen molar-refractivity contribution < 1.29 is 4.42 Å². The second-order valence-electron chi connectivity index (χ2n) is 12.8. The first-order valence-corrected chi connectivity index (χ1v) is 17.1. The minimum atomic E-state index is 0.605. The standard InChI is InChI=1S/C47H29N3O/c1-3-12-30(13-4-1)32-22-23-34-29-35(25-24-33(34)28-32)36-26-27-39(38-17-8-7-16-37(36)38)46-48-45(31-14-5-2-6-15-31)49-47(50-46)41-19-11-21-43-44(41)40-18-9-10-20-42(40)51-43/h1-29H. The first-order chi connectivity index (χ1) is 25.3. The molecule has 0 spiro atoms. The monoisotopic (exact) mass is 651 g/mol. The van der Waals surface area contributed by atoms with E-state index in [9.17, 15) is 0 Å². The molecule has 2 aromatic heterocycles. The summed E-state index contributed by atoms with van der Waals surface area (Å²) in [7, 11) is 0. The minimum absolute atomic E-state index is 0.605. The molecule has 0 radical (unpaired) electrons. The van der Waals surface area contributed by atoms with Crippen LogP contribution in [0.1, 0.15) is 0 Å². The molecule has 0 unspecified atom stereocenters. The Kier molecular flexibility index (Phi) is 6.78. The van der Waals surface area contributed by atoms with Crippen LogP contribution in [0.4, 0.5) is 0 Å². The van der Waals surface area contributed by atoms with Crippen molar-refractivity contribution in [3.05, 3.63) is 176 Å². The summed E-state index contributed by atoms with van der Waals surface area (Å²) < 4.78 is 6.24. The maximum atomic E-state index is 6.24. The summed E-state index contributed by atoms with van der Waals surface area (Å²) in [6.07, 6.45) is 0.